The Hall–Kier alpha value is -1.16. The van der Waals surface area contributed by atoms with Gasteiger partial charge in [-0.25, -0.2) is 4.39 Å². The topological polar surface area (TPSA) is 22.0 Å². The second-order valence-electron chi connectivity index (χ2n) is 4.74. The molecule has 2 aromatic rings. The van der Waals surface area contributed by atoms with E-state index in [2.05, 4.69) is 20.5 Å². The standard InChI is InChI=1S/C14H13BrFNO/c1-2-8-5-14(18)10-6-12(16)11(15)7-13(10)17(8)9-3-4-9/h5-7,9H,2-4H2,1H3. The molecular formula is C14H13BrFNO. The van der Waals surface area contributed by atoms with Crippen molar-refractivity contribution in [3.05, 3.63) is 44.4 Å². The lowest BCUT2D eigenvalue weighted by molar-refractivity contribution is 0.621. The first-order chi connectivity index (χ1) is 8.61. The average Bonchev–Trinajstić information content (AvgIpc) is 3.15. The first-order valence-electron chi connectivity index (χ1n) is 6.15. The molecule has 18 heavy (non-hydrogen) atoms. The molecule has 1 fully saturated rings. The van der Waals surface area contributed by atoms with Gasteiger partial charge in [-0.2, -0.15) is 0 Å². The first-order valence-corrected chi connectivity index (χ1v) is 6.94. The monoisotopic (exact) mass is 309 g/mol. The summed E-state index contributed by atoms with van der Waals surface area (Å²) >= 11 is 3.20. The van der Waals surface area contributed by atoms with E-state index in [1.807, 2.05) is 6.92 Å². The normalized spacial score (nSPS) is 15.3. The third-order valence-electron chi connectivity index (χ3n) is 3.45. The fourth-order valence-electron chi connectivity index (χ4n) is 2.42. The molecule has 3 rings (SSSR count). The van der Waals surface area contributed by atoms with Gasteiger partial charge in [0.15, 0.2) is 5.43 Å². The van der Waals surface area contributed by atoms with E-state index in [4.69, 9.17) is 0 Å². The Labute approximate surface area is 113 Å². The quantitative estimate of drug-likeness (QED) is 0.827. The lowest BCUT2D eigenvalue weighted by atomic mass is 10.1. The van der Waals surface area contributed by atoms with Crippen LogP contribution in [0.25, 0.3) is 10.9 Å². The fourth-order valence-corrected chi connectivity index (χ4v) is 2.75. The minimum atomic E-state index is -0.383. The van der Waals surface area contributed by atoms with Crippen molar-refractivity contribution in [2.75, 3.05) is 0 Å². The van der Waals surface area contributed by atoms with Gasteiger partial charge in [-0.15, -0.1) is 0 Å². The van der Waals surface area contributed by atoms with Gasteiger partial charge in [0.1, 0.15) is 5.82 Å². The van der Waals surface area contributed by atoms with E-state index in [-0.39, 0.29) is 11.2 Å². The predicted octanol–water partition coefficient (Wildman–Crippen LogP) is 3.80. The summed E-state index contributed by atoms with van der Waals surface area (Å²) in [6.45, 7) is 2.04. The lowest BCUT2D eigenvalue weighted by Crippen LogP contribution is -2.13. The molecular weight excluding hydrogens is 297 g/mol. The van der Waals surface area contributed by atoms with Crippen molar-refractivity contribution in [3.8, 4) is 0 Å². The number of aromatic nitrogens is 1. The Morgan fingerprint density at radius 2 is 2.11 bits per heavy atom. The Balaban J connectivity index is 2.44. The zero-order valence-electron chi connectivity index (χ0n) is 10.0. The summed E-state index contributed by atoms with van der Waals surface area (Å²) in [7, 11) is 0. The van der Waals surface area contributed by atoms with Gasteiger partial charge < -0.3 is 4.57 Å². The van der Waals surface area contributed by atoms with Crippen molar-refractivity contribution < 1.29 is 4.39 Å². The molecule has 0 aliphatic heterocycles. The zero-order chi connectivity index (χ0) is 12.9. The molecule has 1 heterocycles. The van der Waals surface area contributed by atoms with E-state index in [0.717, 1.165) is 30.5 Å². The van der Waals surface area contributed by atoms with Crippen molar-refractivity contribution in [1.29, 1.82) is 0 Å². The van der Waals surface area contributed by atoms with Gasteiger partial charge in [0, 0.05) is 23.2 Å². The summed E-state index contributed by atoms with van der Waals surface area (Å²) in [6.07, 6.45) is 3.09. The van der Waals surface area contributed by atoms with Gasteiger partial charge >= 0.3 is 0 Å². The minimum absolute atomic E-state index is 0.0925. The highest BCUT2D eigenvalue weighted by Crippen LogP contribution is 2.38. The molecule has 2 nitrogen and oxygen atoms in total. The molecule has 0 spiro atoms. The molecule has 1 aromatic heterocycles. The fraction of sp³-hybridized carbons (Fsp3) is 0.357. The highest BCUT2D eigenvalue weighted by molar-refractivity contribution is 9.10. The van der Waals surface area contributed by atoms with E-state index < -0.39 is 0 Å². The van der Waals surface area contributed by atoms with Crippen molar-refractivity contribution in [2.45, 2.75) is 32.2 Å². The van der Waals surface area contributed by atoms with E-state index >= 15 is 0 Å². The summed E-state index contributed by atoms with van der Waals surface area (Å²) in [5.41, 5.74) is 1.79. The van der Waals surface area contributed by atoms with Crippen LogP contribution in [-0.4, -0.2) is 4.57 Å². The summed E-state index contributed by atoms with van der Waals surface area (Å²) < 4.78 is 16.2. The van der Waals surface area contributed by atoms with Crippen LogP contribution in [0.2, 0.25) is 0 Å². The summed E-state index contributed by atoms with van der Waals surface area (Å²) in [6, 6.07) is 5.18. The van der Waals surface area contributed by atoms with Crippen molar-refractivity contribution in [1.82, 2.24) is 4.57 Å². The summed E-state index contributed by atoms with van der Waals surface area (Å²) in [5.74, 6) is -0.383. The molecule has 1 aliphatic carbocycles. The van der Waals surface area contributed by atoms with Gasteiger partial charge in [0.2, 0.25) is 0 Å². The van der Waals surface area contributed by atoms with Gasteiger partial charge in [-0.05, 0) is 47.3 Å². The number of benzene rings is 1. The molecule has 0 bridgehead atoms. The summed E-state index contributed by atoms with van der Waals surface area (Å²) in [4.78, 5) is 12.0. The van der Waals surface area contributed by atoms with Crippen LogP contribution in [0.3, 0.4) is 0 Å². The van der Waals surface area contributed by atoms with Crippen LogP contribution in [0.15, 0.2) is 27.5 Å². The maximum atomic E-state index is 13.6. The third kappa shape index (κ3) is 1.79. The Kier molecular flexibility index (Phi) is 2.77. The van der Waals surface area contributed by atoms with Crippen molar-refractivity contribution in [2.24, 2.45) is 0 Å². The van der Waals surface area contributed by atoms with Crippen LogP contribution < -0.4 is 5.43 Å². The van der Waals surface area contributed by atoms with Crippen molar-refractivity contribution in [3.63, 3.8) is 0 Å². The van der Waals surface area contributed by atoms with Crippen LogP contribution in [0, 0.1) is 5.82 Å². The number of aryl methyl sites for hydroxylation is 1. The third-order valence-corrected chi connectivity index (χ3v) is 4.05. The maximum absolute atomic E-state index is 13.6. The first kappa shape index (κ1) is 11.9. The number of pyridine rings is 1. The van der Waals surface area contributed by atoms with E-state index in [1.165, 1.54) is 6.07 Å². The molecule has 1 aromatic carbocycles. The molecule has 0 saturated heterocycles. The Morgan fingerprint density at radius 3 is 2.72 bits per heavy atom. The molecule has 1 aliphatic rings. The van der Waals surface area contributed by atoms with Crippen LogP contribution in [0.4, 0.5) is 4.39 Å². The molecule has 0 unspecified atom stereocenters. The maximum Gasteiger partial charge on any atom is 0.189 e. The molecule has 0 atom stereocenters. The molecule has 0 amide bonds. The number of rotatable bonds is 2. The highest BCUT2D eigenvalue weighted by atomic mass is 79.9. The van der Waals surface area contributed by atoms with E-state index in [1.54, 1.807) is 12.1 Å². The van der Waals surface area contributed by atoms with E-state index in [0.29, 0.717) is 15.9 Å². The number of hydrogen-bond acceptors (Lipinski definition) is 1. The number of halogens is 2. The average molecular weight is 310 g/mol. The van der Waals surface area contributed by atoms with Gasteiger partial charge in [0.25, 0.3) is 0 Å². The molecule has 1 saturated carbocycles. The Morgan fingerprint density at radius 1 is 1.39 bits per heavy atom. The van der Waals surface area contributed by atoms with E-state index in [9.17, 15) is 9.18 Å². The zero-order valence-corrected chi connectivity index (χ0v) is 11.6. The van der Waals surface area contributed by atoms with Gasteiger partial charge in [-0.1, -0.05) is 6.92 Å². The van der Waals surface area contributed by atoms with Crippen LogP contribution in [0.1, 0.15) is 31.5 Å². The van der Waals surface area contributed by atoms with Crippen LogP contribution >= 0.6 is 15.9 Å². The van der Waals surface area contributed by atoms with Crippen molar-refractivity contribution >= 4 is 26.8 Å². The molecule has 94 valence electrons. The van der Waals surface area contributed by atoms with Gasteiger partial charge in [0.05, 0.1) is 9.99 Å². The number of fused-ring (bicyclic) bond motifs is 1. The van der Waals surface area contributed by atoms with Gasteiger partial charge in [-0.3, -0.25) is 4.79 Å². The second-order valence-corrected chi connectivity index (χ2v) is 5.59. The molecule has 0 radical (unpaired) electrons. The van der Waals surface area contributed by atoms with Crippen LogP contribution in [-0.2, 0) is 6.42 Å². The van der Waals surface area contributed by atoms with Crippen LogP contribution in [0.5, 0.6) is 0 Å². The molecule has 0 N–H and O–H groups in total. The SMILES string of the molecule is CCc1cc(=O)c2cc(F)c(Br)cc2n1C1CC1. The predicted molar refractivity (Wildman–Crippen MR) is 73.5 cm³/mol. The molecule has 4 heteroatoms. The number of hydrogen-bond donors (Lipinski definition) is 0. The lowest BCUT2D eigenvalue weighted by Gasteiger charge is -2.15. The number of nitrogens with zero attached hydrogens (tertiary/aromatic N) is 1. The summed E-state index contributed by atoms with van der Waals surface area (Å²) in [5, 5.41) is 0.472. The largest absolute Gasteiger partial charge is 0.341 e. The second kappa shape index (κ2) is 4.19. The minimum Gasteiger partial charge on any atom is -0.341 e. The Bertz CT molecular complexity index is 688. The smallest absolute Gasteiger partial charge is 0.189 e. The highest BCUT2D eigenvalue weighted by Gasteiger charge is 2.26.